The molecule has 1 heterocycles. The molecule has 130 valence electrons. The van der Waals surface area contributed by atoms with Crippen molar-refractivity contribution in [3.63, 3.8) is 0 Å². The van der Waals surface area contributed by atoms with Gasteiger partial charge in [0.25, 0.3) is 10.0 Å². The average Bonchev–Trinajstić information content (AvgIpc) is 2.85. The summed E-state index contributed by atoms with van der Waals surface area (Å²) in [5.41, 5.74) is 0.427. The van der Waals surface area contributed by atoms with E-state index in [4.69, 9.17) is 4.74 Å². The van der Waals surface area contributed by atoms with Crippen molar-refractivity contribution in [2.24, 2.45) is 7.05 Å². The Bertz CT molecular complexity index is 813. The minimum absolute atomic E-state index is 0.0616. The number of aromatic nitrogens is 2. The first-order valence-electron chi connectivity index (χ1n) is 6.84. The van der Waals surface area contributed by atoms with Crippen molar-refractivity contribution in [3.8, 4) is 5.75 Å². The summed E-state index contributed by atoms with van der Waals surface area (Å²) in [7, 11) is -2.50. The van der Waals surface area contributed by atoms with Crippen LogP contribution in [0.4, 0.5) is 4.39 Å². The average molecular weight is 357 g/mol. The number of carboxylic acid groups (broad SMARTS) is 1. The summed E-state index contributed by atoms with van der Waals surface area (Å²) in [6, 6.07) is 4.73. The number of nitrogens with zero attached hydrogens (tertiary/aromatic N) is 2. The van der Waals surface area contributed by atoms with E-state index in [1.807, 2.05) is 0 Å². The molecule has 0 aliphatic rings. The number of sulfonamides is 1. The largest absolute Gasteiger partial charge is 0.478 e. The zero-order valence-electron chi connectivity index (χ0n) is 12.9. The van der Waals surface area contributed by atoms with Gasteiger partial charge in [-0.05, 0) is 31.2 Å². The van der Waals surface area contributed by atoms with Crippen molar-refractivity contribution in [2.45, 2.75) is 18.1 Å². The molecule has 0 bridgehead atoms. The van der Waals surface area contributed by atoms with Crippen LogP contribution in [0.1, 0.15) is 5.56 Å². The molecule has 2 rings (SSSR count). The van der Waals surface area contributed by atoms with Gasteiger partial charge in [-0.1, -0.05) is 0 Å². The molecular formula is C14H16FN3O5S. The molecule has 0 saturated carbocycles. The predicted octanol–water partition coefficient (Wildman–Crippen LogP) is 0.678. The molecule has 1 atom stereocenters. The monoisotopic (exact) mass is 357 g/mol. The van der Waals surface area contributed by atoms with Gasteiger partial charge in [-0.25, -0.2) is 22.3 Å². The highest BCUT2D eigenvalue weighted by Crippen LogP contribution is 2.15. The summed E-state index contributed by atoms with van der Waals surface area (Å²) in [5, 5.41) is 12.9. The maximum Gasteiger partial charge on any atom is 0.346 e. The first-order chi connectivity index (χ1) is 11.2. The Kier molecular flexibility index (Phi) is 5.20. The van der Waals surface area contributed by atoms with Crippen molar-refractivity contribution < 1.29 is 27.4 Å². The smallest absolute Gasteiger partial charge is 0.346 e. The zero-order chi connectivity index (χ0) is 17.9. The summed E-state index contributed by atoms with van der Waals surface area (Å²) in [5.74, 6) is -1.75. The van der Waals surface area contributed by atoms with Crippen LogP contribution >= 0.6 is 0 Å². The third-order valence-corrected chi connectivity index (χ3v) is 4.78. The molecule has 1 unspecified atom stereocenters. The van der Waals surface area contributed by atoms with Gasteiger partial charge < -0.3 is 9.84 Å². The second kappa shape index (κ2) is 6.97. The summed E-state index contributed by atoms with van der Waals surface area (Å²) in [6.45, 7) is 1.07. The van der Waals surface area contributed by atoms with Crippen LogP contribution in [0.15, 0.2) is 35.5 Å². The molecule has 1 aromatic heterocycles. The number of carbonyl (C=O) groups is 1. The van der Waals surface area contributed by atoms with Gasteiger partial charge in [-0.15, -0.1) is 0 Å². The summed E-state index contributed by atoms with van der Waals surface area (Å²) in [4.78, 5) is 11.3. The summed E-state index contributed by atoms with van der Waals surface area (Å²) >= 11 is 0. The Hall–Kier alpha value is -2.46. The normalized spacial score (nSPS) is 12.8. The van der Waals surface area contributed by atoms with Crippen LogP contribution in [0, 0.1) is 12.7 Å². The van der Waals surface area contributed by atoms with E-state index >= 15 is 0 Å². The Labute approximate surface area is 137 Å². The fourth-order valence-electron chi connectivity index (χ4n) is 2.03. The van der Waals surface area contributed by atoms with Gasteiger partial charge in [0.15, 0.2) is 5.03 Å². The molecular weight excluding hydrogens is 341 g/mol. The summed E-state index contributed by atoms with van der Waals surface area (Å²) in [6.07, 6.45) is -0.0862. The van der Waals surface area contributed by atoms with Gasteiger partial charge in [-0.2, -0.15) is 5.10 Å². The van der Waals surface area contributed by atoms with Crippen LogP contribution in [0.2, 0.25) is 0 Å². The summed E-state index contributed by atoms with van der Waals surface area (Å²) < 4.78 is 46.0. The van der Waals surface area contributed by atoms with E-state index in [1.54, 1.807) is 6.92 Å². The van der Waals surface area contributed by atoms with Crippen molar-refractivity contribution in [3.05, 3.63) is 41.8 Å². The van der Waals surface area contributed by atoms with Gasteiger partial charge in [0.2, 0.25) is 6.10 Å². The van der Waals surface area contributed by atoms with Gasteiger partial charge in [0.1, 0.15) is 11.6 Å². The number of nitrogens with one attached hydrogen (secondary N) is 1. The number of hydrogen-bond acceptors (Lipinski definition) is 5. The van der Waals surface area contributed by atoms with E-state index in [-0.39, 0.29) is 10.8 Å². The van der Waals surface area contributed by atoms with Crippen LogP contribution < -0.4 is 9.46 Å². The van der Waals surface area contributed by atoms with Crippen molar-refractivity contribution in [1.29, 1.82) is 0 Å². The Balaban J connectivity index is 2.11. The SMILES string of the molecule is Cc1cnn(C)c1S(=O)(=O)NCC(Oc1ccc(F)cc1)C(=O)O. The number of rotatable bonds is 7. The molecule has 1 aromatic carbocycles. The third kappa shape index (κ3) is 4.09. The van der Waals surface area contributed by atoms with E-state index in [0.29, 0.717) is 5.56 Å². The van der Waals surface area contributed by atoms with Crippen LogP contribution in [0.5, 0.6) is 5.75 Å². The molecule has 0 aliphatic carbocycles. The fourth-order valence-corrected chi connectivity index (χ4v) is 3.41. The molecule has 0 saturated heterocycles. The maximum atomic E-state index is 12.8. The molecule has 8 nitrogen and oxygen atoms in total. The van der Waals surface area contributed by atoms with Crippen LogP contribution in [0.3, 0.4) is 0 Å². The molecule has 0 aliphatic heterocycles. The van der Waals surface area contributed by atoms with Gasteiger partial charge in [-0.3, -0.25) is 4.68 Å². The number of aryl methyl sites for hydroxylation is 2. The maximum absolute atomic E-state index is 12.8. The highest BCUT2D eigenvalue weighted by atomic mass is 32.2. The van der Waals surface area contributed by atoms with Crippen molar-refractivity contribution in [1.82, 2.24) is 14.5 Å². The van der Waals surface area contributed by atoms with Crippen LogP contribution in [0.25, 0.3) is 0 Å². The Morgan fingerprint density at radius 2 is 2.04 bits per heavy atom. The molecule has 0 spiro atoms. The standard InChI is InChI=1S/C14H16FN3O5S/c1-9-7-16-18(2)13(9)24(21,22)17-8-12(14(19)20)23-11-5-3-10(15)4-6-11/h3-7,12,17H,8H2,1-2H3,(H,19,20). The van der Waals surface area contributed by atoms with E-state index in [1.165, 1.54) is 30.1 Å². The quantitative estimate of drug-likeness (QED) is 0.754. The lowest BCUT2D eigenvalue weighted by molar-refractivity contribution is -0.144. The van der Waals surface area contributed by atoms with E-state index in [2.05, 4.69) is 9.82 Å². The Morgan fingerprint density at radius 3 is 2.54 bits per heavy atom. The van der Waals surface area contributed by atoms with Crippen LogP contribution in [-0.4, -0.2) is 41.9 Å². The van der Waals surface area contributed by atoms with E-state index in [0.717, 1.165) is 12.1 Å². The molecule has 10 heteroatoms. The molecule has 24 heavy (non-hydrogen) atoms. The highest BCUT2D eigenvalue weighted by Gasteiger charge is 2.26. The highest BCUT2D eigenvalue weighted by molar-refractivity contribution is 7.89. The molecule has 0 radical (unpaired) electrons. The number of hydrogen-bond donors (Lipinski definition) is 2. The number of benzene rings is 1. The van der Waals surface area contributed by atoms with Gasteiger partial charge in [0, 0.05) is 12.6 Å². The van der Waals surface area contributed by atoms with Crippen LogP contribution in [-0.2, 0) is 21.9 Å². The number of ether oxygens (including phenoxy) is 1. The zero-order valence-corrected chi connectivity index (χ0v) is 13.7. The van der Waals surface area contributed by atoms with Crippen molar-refractivity contribution in [2.75, 3.05) is 6.54 Å². The number of halogens is 1. The van der Waals surface area contributed by atoms with Gasteiger partial charge in [0.05, 0.1) is 12.7 Å². The number of aliphatic carboxylic acids is 1. The molecule has 2 aromatic rings. The Morgan fingerprint density at radius 1 is 1.42 bits per heavy atom. The predicted molar refractivity (Wildman–Crippen MR) is 81.6 cm³/mol. The van der Waals surface area contributed by atoms with Crippen molar-refractivity contribution >= 4 is 16.0 Å². The minimum Gasteiger partial charge on any atom is -0.478 e. The third-order valence-electron chi connectivity index (χ3n) is 3.14. The van der Waals surface area contributed by atoms with Gasteiger partial charge >= 0.3 is 5.97 Å². The second-order valence-electron chi connectivity index (χ2n) is 5.01. The second-order valence-corrected chi connectivity index (χ2v) is 6.69. The first-order valence-corrected chi connectivity index (χ1v) is 8.32. The van der Waals surface area contributed by atoms with E-state index < -0.39 is 34.5 Å². The minimum atomic E-state index is -3.96. The first kappa shape index (κ1) is 17.9. The van der Waals surface area contributed by atoms with E-state index in [9.17, 15) is 22.7 Å². The lowest BCUT2D eigenvalue weighted by atomic mass is 10.3. The number of carboxylic acids is 1. The molecule has 2 N–H and O–H groups in total. The topological polar surface area (TPSA) is 111 Å². The lowest BCUT2D eigenvalue weighted by Gasteiger charge is -2.16. The molecule has 0 amide bonds. The molecule has 0 fully saturated rings. The lowest BCUT2D eigenvalue weighted by Crippen LogP contribution is -2.40. The fraction of sp³-hybridized carbons (Fsp3) is 0.286.